The molecule has 1 saturated heterocycles. The highest BCUT2D eigenvalue weighted by molar-refractivity contribution is 9.10. The first-order chi connectivity index (χ1) is 8.22. The van der Waals surface area contributed by atoms with E-state index in [1.807, 2.05) is 18.2 Å². The second-order valence-electron chi connectivity index (χ2n) is 4.24. The topological polar surface area (TPSA) is 38.7 Å². The molecule has 2 unspecified atom stereocenters. The van der Waals surface area contributed by atoms with Crippen LogP contribution in [0, 0.1) is 0 Å². The van der Waals surface area contributed by atoms with Crippen LogP contribution in [0.5, 0.6) is 5.75 Å². The maximum Gasteiger partial charge on any atom is 0.120 e. The number of hydrogen-bond donors (Lipinski definition) is 1. The minimum atomic E-state index is -0.574. The zero-order chi connectivity index (χ0) is 12.3. The van der Waals surface area contributed by atoms with E-state index >= 15 is 0 Å². The number of halogens is 1. The van der Waals surface area contributed by atoms with Crippen molar-refractivity contribution in [2.45, 2.75) is 31.5 Å². The molecule has 94 valence electrons. The first kappa shape index (κ1) is 12.9. The maximum atomic E-state index is 10.3. The van der Waals surface area contributed by atoms with Gasteiger partial charge in [-0.15, -0.1) is 0 Å². The van der Waals surface area contributed by atoms with Crippen molar-refractivity contribution in [3.05, 3.63) is 28.2 Å². The third-order valence-electron chi connectivity index (χ3n) is 3.09. The van der Waals surface area contributed by atoms with Gasteiger partial charge in [0.1, 0.15) is 11.9 Å². The molecule has 1 aliphatic heterocycles. The summed E-state index contributed by atoms with van der Waals surface area (Å²) < 4.78 is 11.6. The van der Waals surface area contributed by atoms with Gasteiger partial charge in [-0.2, -0.15) is 0 Å². The number of rotatable bonds is 3. The average Bonchev–Trinajstić information content (AvgIpc) is 2.39. The van der Waals surface area contributed by atoms with Gasteiger partial charge in [0.05, 0.1) is 13.2 Å². The lowest BCUT2D eigenvalue weighted by Crippen LogP contribution is -2.26. The summed E-state index contributed by atoms with van der Waals surface area (Å²) in [6.07, 6.45) is 2.46. The van der Waals surface area contributed by atoms with Crippen molar-refractivity contribution >= 4 is 15.9 Å². The number of aliphatic hydroxyl groups excluding tert-OH is 1. The molecule has 1 aromatic rings. The number of benzene rings is 1. The van der Waals surface area contributed by atoms with Gasteiger partial charge in [0.2, 0.25) is 0 Å². The molecule has 0 aromatic heterocycles. The Kier molecular flexibility index (Phi) is 4.42. The Balaban J connectivity index is 2.15. The SMILES string of the molecule is COc1ccc(C(O)C2CCCCO2)c(Br)c1. The van der Waals surface area contributed by atoms with Gasteiger partial charge >= 0.3 is 0 Å². The van der Waals surface area contributed by atoms with Gasteiger partial charge < -0.3 is 14.6 Å². The Labute approximate surface area is 110 Å². The summed E-state index contributed by atoms with van der Waals surface area (Å²) in [5.41, 5.74) is 0.859. The van der Waals surface area contributed by atoms with Crippen LogP contribution < -0.4 is 4.74 Å². The summed E-state index contributed by atoms with van der Waals surface area (Å²) in [5, 5.41) is 10.3. The van der Waals surface area contributed by atoms with Crippen molar-refractivity contribution in [1.82, 2.24) is 0 Å². The molecule has 1 aromatic carbocycles. The molecule has 1 heterocycles. The third-order valence-corrected chi connectivity index (χ3v) is 3.78. The normalized spacial score (nSPS) is 22.2. The Hall–Kier alpha value is -0.580. The number of methoxy groups -OCH3 is 1. The Morgan fingerprint density at radius 2 is 2.29 bits per heavy atom. The van der Waals surface area contributed by atoms with E-state index in [2.05, 4.69) is 15.9 Å². The van der Waals surface area contributed by atoms with Gasteiger partial charge in [-0.1, -0.05) is 22.0 Å². The third kappa shape index (κ3) is 3.00. The van der Waals surface area contributed by atoms with Crippen LogP contribution >= 0.6 is 15.9 Å². The quantitative estimate of drug-likeness (QED) is 0.932. The van der Waals surface area contributed by atoms with Crippen LogP contribution in [0.1, 0.15) is 30.9 Å². The van der Waals surface area contributed by atoms with Crippen LogP contribution in [0.2, 0.25) is 0 Å². The average molecular weight is 301 g/mol. The van der Waals surface area contributed by atoms with E-state index in [4.69, 9.17) is 9.47 Å². The van der Waals surface area contributed by atoms with Crippen molar-refractivity contribution in [3.63, 3.8) is 0 Å². The van der Waals surface area contributed by atoms with E-state index in [9.17, 15) is 5.11 Å². The molecule has 0 aliphatic carbocycles. The standard InChI is InChI=1S/C13H17BrO3/c1-16-9-5-6-10(11(14)8-9)13(15)12-4-2-3-7-17-12/h5-6,8,12-13,15H,2-4,7H2,1H3. The Morgan fingerprint density at radius 1 is 1.47 bits per heavy atom. The fourth-order valence-electron chi connectivity index (χ4n) is 2.09. The molecule has 1 N–H and O–H groups in total. The molecule has 4 heteroatoms. The largest absolute Gasteiger partial charge is 0.497 e. The molecule has 0 saturated carbocycles. The van der Waals surface area contributed by atoms with Gasteiger partial charge in [-0.05, 0) is 37.0 Å². The fraction of sp³-hybridized carbons (Fsp3) is 0.538. The van der Waals surface area contributed by atoms with E-state index < -0.39 is 6.10 Å². The van der Waals surface area contributed by atoms with E-state index in [1.54, 1.807) is 7.11 Å². The highest BCUT2D eigenvalue weighted by atomic mass is 79.9. The predicted molar refractivity (Wildman–Crippen MR) is 69.2 cm³/mol. The van der Waals surface area contributed by atoms with Crippen LogP contribution in [0.25, 0.3) is 0 Å². The lowest BCUT2D eigenvalue weighted by Gasteiger charge is -2.27. The minimum absolute atomic E-state index is 0.0894. The summed E-state index contributed by atoms with van der Waals surface area (Å²) >= 11 is 3.46. The fourth-order valence-corrected chi connectivity index (χ4v) is 2.68. The lowest BCUT2D eigenvalue weighted by molar-refractivity contribution is -0.0635. The molecule has 17 heavy (non-hydrogen) atoms. The second kappa shape index (κ2) is 5.85. The molecule has 0 spiro atoms. The predicted octanol–water partition coefficient (Wildman–Crippen LogP) is 3.06. The van der Waals surface area contributed by atoms with E-state index in [1.165, 1.54) is 0 Å². The molecule has 1 aliphatic rings. The molecule has 1 fully saturated rings. The summed E-state index contributed by atoms with van der Waals surface area (Å²) in [6, 6.07) is 5.60. The molecular weight excluding hydrogens is 284 g/mol. The van der Waals surface area contributed by atoms with Crippen LogP contribution in [0.15, 0.2) is 22.7 Å². The first-order valence-corrected chi connectivity index (χ1v) is 6.65. The number of hydrogen-bond acceptors (Lipinski definition) is 3. The second-order valence-corrected chi connectivity index (χ2v) is 5.09. The minimum Gasteiger partial charge on any atom is -0.497 e. The van der Waals surface area contributed by atoms with Gasteiger partial charge in [-0.3, -0.25) is 0 Å². The first-order valence-electron chi connectivity index (χ1n) is 5.85. The van der Waals surface area contributed by atoms with Crippen molar-refractivity contribution in [1.29, 1.82) is 0 Å². The lowest BCUT2D eigenvalue weighted by atomic mass is 9.98. The zero-order valence-corrected chi connectivity index (χ0v) is 11.4. The van der Waals surface area contributed by atoms with Crippen LogP contribution in [0.4, 0.5) is 0 Å². The highest BCUT2D eigenvalue weighted by Gasteiger charge is 2.25. The van der Waals surface area contributed by atoms with Crippen LogP contribution in [0.3, 0.4) is 0 Å². The summed E-state index contributed by atoms with van der Waals surface area (Å²) in [6.45, 7) is 0.746. The van der Waals surface area contributed by atoms with Crippen molar-refractivity contribution in [3.8, 4) is 5.75 Å². The van der Waals surface area contributed by atoms with Crippen molar-refractivity contribution in [2.24, 2.45) is 0 Å². The van der Waals surface area contributed by atoms with Gasteiger partial charge in [0.25, 0.3) is 0 Å². The molecule has 0 radical (unpaired) electrons. The smallest absolute Gasteiger partial charge is 0.120 e. The van der Waals surface area contributed by atoms with E-state index in [0.29, 0.717) is 0 Å². The van der Waals surface area contributed by atoms with E-state index in [-0.39, 0.29) is 6.10 Å². The Morgan fingerprint density at radius 3 is 2.88 bits per heavy atom. The van der Waals surface area contributed by atoms with Gasteiger partial charge in [-0.25, -0.2) is 0 Å². The van der Waals surface area contributed by atoms with Gasteiger partial charge in [0, 0.05) is 11.1 Å². The molecule has 0 amide bonds. The zero-order valence-electron chi connectivity index (χ0n) is 9.86. The number of ether oxygens (including phenoxy) is 2. The maximum absolute atomic E-state index is 10.3. The molecule has 0 bridgehead atoms. The highest BCUT2D eigenvalue weighted by Crippen LogP contribution is 2.32. The van der Waals surface area contributed by atoms with Crippen molar-refractivity contribution in [2.75, 3.05) is 13.7 Å². The summed E-state index contributed by atoms with van der Waals surface area (Å²) in [7, 11) is 1.63. The van der Waals surface area contributed by atoms with E-state index in [0.717, 1.165) is 41.7 Å². The molecule has 3 nitrogen and oxygen atoms in total. The summed E-state index contributed by atoms with van der Waals surface area (Å²) in [4.78, 5) is 0. The molecular formula is C13H17BrO3. The molecule has 2 rings (SSSR count). The van der Waals surface area contributed by atoms with Crippen molar-refractivity contribution < 1.29 is 14.6 Å². The number of aliphatic hydroxyl groups is 1. The van der Waals surface area contributed by atoms with Gasteiger partial charge in [0.15, 0.2) is 0 Å². The molecule has 2 atom stereocenters. The Bertz CT molecular complexity index is 375. The summed E-state index contributed by atoms with van der Waals surface area (Å²) in [5.74, 6) is 0.775. The van der Waals surface area contributed by atoms with Crippen LogP contribution in [-0.2, 0) is 4.74 Å². The van der Waals surface area contributed by atoms with Crippen LogP contribution in [-0.4, -0.2) is 24.9 Å². The monoisotopic (exact) mass is 300 g/mol.